The van der Waals surface area contributed by atoms with Crippen LogP contribution in [-0.2, 0) is 15.1 Å². The van der Waals surface area contributed by atoms with Gasteiger partial charge in [-0.15, -0.1) is 0 Å². The largest absolute Gasteiger partial charge is 0.466 e. The summed E-state index contributed by atoms with van der Waals surface area (Å²) in [5, 5.41) is 22.5. The average Bonchev–Trinajstić information content (AvgIpc) is 3.41. The molecule has 1 saturated heterocycles. The van der Waals surface area contributed by atoms with E-state index in [1.165, 1.54) is 0 Å². The molecule has 31 heavy (non-hydrogen) atoms. The van der Waals surface area contributed by atoms with Gasteiger partial charge in [0.05, 0.1) is 24.6 Å². The molecule has 4 aliphatic carbocycles. The fraction of sp³-hybridized carbons (Fsp3) is 0.846. The highest BCUT2D eigenvalue weighted by atomic mass is 16.8. The van der Waals surface area contributed by atoms with Gasteiger partial charge in [-0.1, -0.05) is 13.8 Å². The Kier molecular flexibility index (Phi) is 4.26. The third kappa shape index (κ3) is 2.58. The molecule has 0 aromatic carbocycles. The van der Waals surface area contributed by atoms with E-state index in [1.807, 2.05) is 26.0 Å². The molecular weight excluding hydrogens is 392 g/mol. The van der Waals surface area contributed by atoms with Crippen molar-refractivity contribution in [3.05, 3.63) is 24.2 Å². The molecule has 10 atom stereocenters. The molecule has 10 unspecified atom stereocenters. The van der Waals surface area contributed by atoms with Gasteiger partial charge < -0.3 is 24.1 Å². The zero-order valence-corrected chi connectivity index (χ0v) is 19.3. The lowest BCUT2D eigenvalue weighted by Gasteiger charge is -2.63. The van der Waals surface area contributed by atoms with Gasteiger partial charge in [-0.25, -0.2) is 0 Å². The van der Waals surface area contributed by atoms with Crippen LogP contribution in [0.2, 0.25) is 0 Å². The summed E-state index contributed by atoms with van der Waals surface area (Å²) < 4.78 is 19.0. The molecule has 0 bridgehead atoms. The molecule has 0 amide bonds. The third-order valence-electron chi connectivity index (χ3n) is 10.6. The minimum atomic E-state index is -0.920. The second-order valence-corrected chi connectivity index (χ2v) is 12.2. The fourth-order valence-electron chi connectivity index (χ4n) is 9.10. The number of rotatable bonds is 1. The maximum absolute atomic E-state index is 12.0. The van der Waals surface area contributed by atoms with Gasteiger partial charge >= 0.3 is 0 Å². The van der Waals surface area contributed by atoms with E-state index in [-0.39, 0.29) is 29.1 Å². The van der Waals surface area contributed by atoms with Gasteiger partial charge in [0.1, 0.15) is 11.4 Å². The molecule has 2 heterocycles. The van der Waals surface area contributed by atoms with E-state index in [0.717, 1.165) is 50.7 Å². The van der Waals surface area contributed by atoms with Crippen molar-refractivity contribution in [2.24, 2.45) is 34.5 Å². The van der Waals surface area contributed by atoms with Crippen LogP contribution in [0.4, 0.5) is 0 Å². The lowest BCUT2D eigenvalue weighted by atomic mass is 9.43. The van der Waals surface area contributed by atoms with Crippen LogP contribution in [0.1, 0.15) is 78.4 Å². The Morgan fingerprint density at radius 3 is 2.39 bits per heavy atom. The second kappa shape index (κ2) is 6.37. The third-order valence-corrected chi connectivity index (χ3v) is 10.6. The van der Waals surface area contributed by atoms with Crippen molar-refractivity contribution in [2.75, 3.05) is 0 Å². The van der Waals surface area contributed by atoms with Crippen LogP contribution in [0, 0.1) is 34.5 Å². The van der Waals surface area contributed by atoms with E-state index in [1.54, 1.807) is 6.26 Å². The van der Waals surface area contributed by atoms with Crippen molar-refractivity contribution in [2.45, 2.75) is 102 Å². The highest BCUT2D eigenvalue weighted by Crippen LogP contribution is 2.71. The summed E-state index contributed by atoms with van der Waals surface area (Å²) in [6.45, 7) is 8.82. The highest BCUT2D eigenvalue weighted by Gasteiger charge is 2.71. The zero-order chi connectivity index (χ0) is 21.8. The van der Waals surface area contributed by atoms with Crippen LogP contribution in [0.3, 0.4) is 0 Å². The number of aliphatic hydroxyl groups excluding tert-OH is 1. The second-order valence-electron chi connectivity index (χ2n) is 12.2. The lowest BCUT2D eigenvalue weighted by Crippen LogP contribution is -2.64. The van der Waals surface area contributed by atoms with Crippen molar-refractivity contribution >= 4 is 0 Å². The van der Waals surface area contributed by atoms with Gasteiger partial charge in [-0.3, -0.25) is 0 Å². The zero-order valence-electron chi connectivity index (χ0n) is 19.3. The fourth-order valence-corrected chi connectivity index (χ4v) is 9.10. The Bertz CT molecular complexity index is 850. The quantitative estimate of drug-likeness (QED) is 0.681. The smallest absolute Gasteiger partial charge is 0.163 e. The number of hydrogen-bond donors (Lipinski definition) is 2. The van der Waals surface area contributed by atoms with Crippen LogP contribution in [0.5, 0.6) is 0 Å². The van der Waals surface area contributed by atoms with Crippen LogP contribution in [-0.4, -0.2) is 34.3 Å². The topological polar surface area (TPSA) is 72.1 Å². The van der Waals surface area contributed by atoms with E-state index in [0.29, 0.717) is 23.7 Å². The van der Waals surface area contributed by atoms with Crippen molar-refractivity contribution in [3.63, 3.8) is 0 Å². The van der Waals surface area contributed by atoms with Gasteiger partial charge in [0.2, 0.25) is 0 Å². The number of hydrogen-bond acceptors (Lipinski definition) is 5. The summed E-state index contributed by atoms with van der Waals surface area (Å²) >= 11 is 0. The van der Waals surface area contributed by atoms with Gasteiger partial charge in [0, 0.05) is 5.41 Å². The van der Waals surface area contributed by atoms with Crippen molar-refractivity contribution in [1.29, 1.82) is 0 Å². The van der Waals surface area contributed by atoms with Crippen molar-refractivity contribution in [1.82, 2.24) is 0 Å². The molecule has 5 aliphatic rings. The number of fused-ring (bicyclic) bond motifs is 8. The van der Waals surface area contributed by atoms with Crippen molar-refractivity contribution in [3.8, 4) is 0 Å². The number of aliphatic hydroxyl groups is 2. The summed E-state index contributed by atoms with van der Waals surface area (Å²) in [5.41, 5.74) is -0.997. The maximum atomic E-state index is 12.0. The SMILES string of the molecule is CC1(C)OC2C(O1)C1CC(O)CCC1(C)C1CCC3(C)C(CCC3(O)c3ccco3)C21. The standard InChI is InChI=1S/C26H38O5/c1-23(2)30-21-18-14-15(27)7-10-24(18,3)16-8-11-25(4)17(20(16)22(21)31-23)9-12-26(25,28)19-6-5-13-29-19/h5-6,13,15-18,20-22,27-28H,7-12,14H2,1-4H3. The molecule has 2 N–H and O–H groups in total. The van der Waals surface area contributed by atoms with Crippen LogP contribution >= 0.6 is 0 Å². The Morgan fingerprint density at radius 2 is 1.65 bits per heavy atom. The van der Waals surface area contributed by atoms with Crippen molar-refractivity contribution < 1.29 is 24.1 Å². The van der Waals surface area contributed by atoms with Gasteiger partial charge in [-0.2, -0.15) is 0 Å². The molecule has 5 fully saturated rings. The number of ether oxygens (including phenoxy) is 2. The van der Waals surface area contributed by atoms with Crippen LogP contribution in [0.25, 0.3) is 0 Å². The molecule has 4 saturated carbocycles. The van der Waals surface area contributed by atoms with Gasteiger partial charge in [0.25, 0.3) is 0 Å². The van der Waals surface area contributed by atoms with E-state index >= 15 is 0 Å². The summed E-state index contributed by atoms with van der Waals surface area (Å²) in [5.74, 6) is 1.73. The average molecular weight is 431 g/mol. The molecule has 172 valence electrons. The Hall–Kier alpha value is -0.880. The normalized spacial score (nSPS) is 55.2. The minimum Gasteiger partial charge on any atom is -0.466 e. The molecule has 1 aromatic heterocycles. The van der Waals surface area contributed by atoms with E-state index in [2.05, 4.69) is 13.8 Å². The Labute approximate surface area is 185 Å². The maximum Gasteiger partial charge on any atom is 0.163 e. The predicted molar refractivity (Wildman–Crippen MR) is 115 cm³/mol. The first-order valence-corrected chi connectivity index (χ1v) is 12.4. The first kappa shape index (κ1) is 20.7. The first-order chi connectivity index (χ1) is 14.6. The van der Waals surface area contributed by atoms with E-state index in [9.17, 15) is 10.2 Å². The first-order valence-electron chi connectivity index (χ1n) is 12.4. The van der Waals surface area contributed by atoms with Crippen LogP contribution < -0.4 is 0 Å². The summed E-state index contributed by atoms with van der Waals surface area (Å²) in [6, 6.07) is 3.84. The Morgan fingerprint density at radius 1 is 0.903 bits per heavy atom. The number of furan rings is 1. The molecule has 6 rings (SSSR count). The molecule has 0 spiro atoms. The molecule has 1 aliphatic heterocycles. The summed E-state index contributed by atoms with van der Waals surface area (Å²) in [4.78, 5) is 0. The minimum absolute atomic E-state index is 0.0239. The summed E-state index contributed by atoms with van der Waals surface area (Å²) in [7, 11) is 0. The molecule has 5 heteroatoms. The van der Waals surface area contributed by atoms with E-state index < -0.39 is 11.4 Å². The lowest BCUT2D eigenvalue weighted by molar-refractivity contribution is -0.208. The van der Waals surface area contributed by atoms with Crippen LogP contribution in [0.15, 0.2) is 22.8 Å². The van der Waals surface area contributed by atoms with Gasteiger partial charge in [-0.05, 0) is 100 Å². The predicted octanol–water partition coefficient (Wildman–Crippen LogP) is 4.61. The molecule has 0 radical (unpaired) electrons. The highest BCUT2D eigenvalue weighted by molar-refractivity contribution is 5.24. The molecule has 1 aromatic rings. The van der Waals surface area contributed by atoms with E-state index in [4.69, 9.17) is 13.9 Å². The molecular formula is C26H38O5. The monoisotopic (exact) mass is 430 g/mol. The Balaban J connectivity index is 1.44. The van der Waals surface area contributed by atoms with Gasteiger partial charge in [0.15, 0.2) is 5.79 Å². The summed E-state index contributed by atoms with van der Waals surface area (Å²) in [6.07, 6.45) is 8.10. The molecule has 5 nitrogen and oxygen atoms in total.